The Morgan fingerprint density at radius 3 is 2.82 bits per heavy atom. The van der Waals surface area contributed by atoms with Crippen molar-refractivity contribution in [3.05, 3.63) is 68.8 Å². The Morgan fingerprint density at radius 2 is 2.14 bits per heavy atom. The number of nitrogens with two attached hydrogens (primary N) is 2. The number of hydrazine groups is 1. The van der Waals surface area contributed by atoms with Crippen molar-refractivity contribution < 1.29 is 0 Å². The number of anilines is 1. The van der Waals surface area contributed by atoms with E-state index in [9.17, 15) is 10.1 Å². The van der Waals surface area contributed by atoms with Crippen molar-refractivity contribution in [2.75, 3.05) is 5.32 Å². The summed E-state index contributed by atoms with van der Waals surface area (Å²) in [5.41, 5.74) is 4.28. The number of hydrazone groups is 1. The molecule has 2 aromatic heterocycles. The van der Waals surface area contributed by atoms with Crippen molar-refractivity contribution >= 4 is 23.1 Å². The number of nitrogens with one attached hydrogen (secondary N) is 3. The van der Waals surface area contributed by atoms with E-state index in [1.807, 2.05) is 47.8 Å². The standard InChI is InChI=1S/C18H18N8OS/c19-9-13-16(14-5-2-6-28-14)23-18(24-17(13)27)22-10-12-4-1-3-11(7-12)8-15(25-20)26-21/h1-7H,8,10,20-21H2,(H,25,26)(H2,22,23,24,27). The van der Waals surface area contributed by atoms with Crippen LogP contribution in [0.15, 0.2) is 51.7 Å². The summed E-state index contributed by atoms with van der Waals surface area (Å²) in [6.45, 7) is 0.428. The summed E-state index contributed by atoms with van der Waals surface area (Å²) >= 11 is 1.42. The summed E-state index contributed by atoms with van der Waals surface area (Å²) in [5.74, 6) is 11.4. The summed E-state index contributed by atoms with van der Waals surface area (Å²) in [6, 6.07) is 13.3. The van der Waals surface area contributed by atoms with Crippen molar-refractivity contribution in [1.29, 1.82) is 5.26 Å². The van der Waals surface area contributed by atoms with Gasteiger partial charge in [0.25, 0.3) is 5.56 Å². The number of hydrogen-bond acceptors (Lipinski definition) is 8. The van der Waals surface area contributed by atoms with E-state index in [1.54, 1.807) is 0 Å². The van der Waals surface area contributed by atoms with Crippen LogP contribution in [-0.4, -0.2) is 15.8 Å². The Morgan fingerprint density at radius 1 is 1.32 bits per heavy atom. The molecule has 2 heterocycles. The first-order chi connectivity index (χ1) is 13.6. The van der Waals surface area contributed by atoms with E-state index < -0.39 is 5.56 Å². The summed E-state index contributed by atoms with van der Waals surface area (Å²) in [7, 11) is 0. The minimum atomic E-state index is -0.477. The molecule has 3 aromatic rings. The normalized spacial score (nSPS) is 11.1. The molecule has 28 heavy (non-hydrogen) atoms. The van der Waals surface area contributed by atoms with E-state index >= 15 is 0 Å². The lowest BCUT2D eigenvalue weighted by Crippen LogP contribution is -2.32. The summed E-state index contributed by atoms with van der Waals surface area (Å²) in [6.07, 6.45) is 0.468. The summed E-state index contributed by atoms with van der Waals surface area (Å²) in [5, 5.41) is 17.8. The first-order valence-electron chi connectivity index (χ1n) is 8.28. The van der Waals surface area contributed by atoms with E-state index in [1.165, 1.54) is 11.3 Å². The number of H-pyrrole nitrogens is 1. The van der Waals surface area contributed by atoms with Gasteiger partial charge in [0.05, 0.1) is 4.88 Å². The second-order valence-electron chi connectivity index (χ2n) is 5.80. The first kappa shape index (κ1) is 19.1. The number of benzene rings is 1. The van der Waals surface area contributed by atoms with Crippen molar-refractivity contribution in [3.8, 4) is 16.6 Å². The summed E-state index contributed by atoms with van der Waals surface area (Å²) < 4.78 is 0. The SMILES string of the molecule is N#Cc1c(-c2cccs2)nc(NCc2cccc(C/C(=N/N)NN)c2)[nH]c1=O. The zero-order chi connectivity index (χ0) is 19.9. The molecule has 0 aliphatic heterocycles. The number of hydrogen-bond donors (Lipinski definition) is 5. The molecule has 142 valence electrons. The second kappa shape index (κ2) is 8.81. The van der Waals surface area contributed by atoms with E-state index in [2.05, 4.69) is 25.8 Å². The topological polar surface area (TPSA) is 158 Å². The lowest BCUT2D eigenvalue weighted by Gasteiger charge is -2.10. The molecule has 0 amide bonds. The minimum Gasteiger partial charge on any atom is -0.352 e. The van der Waals surface area contributed by atoms with Crippen molar-refractivity contribution in [1.82, 2.24) is 15.4 Å². The van der Waals surface area contributed by atoms with Gasteiger partial charge in [-0.2, -0.15) is 10.4 Å². The Balaban J connectivity index is 1.80. The Hall–Kier alpha value is -3.68. The van der Waals surface area contributed by atoms with Crippen LogP contribution in [0.2, 0.25) is 0 Å². The predicted octanol–water partition coefficient (Wildman–Crippen LogP) is 1.26. The van der Waals surface area contributed by atoms with Gasteiger partial charge in [0.1, 0.15) is 23.2 Å². The zero-order valence-electron chi connectivity index (χ0n) is 14.8. The maximum atomic E-state index is 12.2. The van der Waals surface area contributed by atoms with Crippen molar-refractivity contribution in [2.24, 2.45) is 16.8 Å². The molecular formula is C18H18N8OS. The molecule has 1 aromatic carbocycles. The zero-order valence-corrected chi connectivity index (χ0v) is 15.6. The molecule has 0 atom stereocenters. The van der Waals surface area contributed by atoms with Gasteiger partial charge >= 0.3 is 0 Å². The van der Waals surface area contributed by atoms with Crippen LogP contribution in [0.4, 0.5) is 5.95 Å². The average Bonchev–Trinajstić information content (AvgIpc) is 3.25. The van der Waals surface area contributed by atoms with E-state index in [4.69, 9.17) is 11.7 Å². The molecule has 0 unspecified atom stereocenters. The number of nitriles is 1. The number of aromatic nitrogens is 2. The number of amidine groups is 1. The monoisotopic (exact) mass is 394 g/mol. The highest BCUT2D eigenvalue weighted by molar-refractivity contribution is 7.13. The third kappa shape index (κ3) is 4.35. The number of thiophene rings is 1. The molecule has 10 heteroatoms. The molecule has 0 saturated carbocycles. The summed E-state index contributed by atoms with van der Waals surface area (Å²) in [4.78, 5) is 20.0. The van der Waals surface area contributed by atoms with Gasteiger partial charge in [-0.3, -0.25) is 9.78 Å². The fraction of sp³-hybridized carbons (Fsp3) is 0.111. The smallest absolute Gasteiger partial charge is 0.270 e. The highest BCUT2D eigenvalue weighted by Crippen LogP contribution is 2.25. The Bertz CT molecular complexity index is 1080. The third-order valence-electron chi connectivity index (χ3n) is 3.93. The predicted molar refractivity (Wildman–Crippen MR) is 109 cm³/mol. The maximum absolute atomic E-state index is 12.2. The second-order valence-corrected chi connectivity index (χ2v) is 6.75. The van der Waals surface area contributed by atoms with E-state index in [0.717, 1.165) is 16.0 Å². The fourth-order valence-electron chi connectivity index (χ4n) is 2.61. The largest absolute Gasteiger partial charge is 0.352 e. The van der Waals surface area contributed by atoms with Gasteiger partial charge in [0.2, 0.25) is 5.95 Å². The lowest BCUT2D eigenvalue weighted by molar-refractivity contribution is 0.965. The Labute approximate surface area is 164 Å². The van der Waals surface area contributed by atoms with Crippen LogP contribution in [0.25, 0.3) is 10.6 Å². The van der Waals surface area contributed by atoms with Gasteiger partial charge in [0, 0.05) is 13.0 Å². The fourth-order valence-corrected chi connectivity index (χ4v) is 3.34. The molecule has 3 rings (SSSR count). The highest BCUT2D eigenvalue weighted by Gasteiger charge is 2.14. The van der Waals surface area contributed by atoms with Crippen LogP contribution in [0.5, 0.6) is 0 Å². The van der Waals surface area contributed by atoms with Gasteiger partial charge < -0.3 is 16.6 Å². The van der Waals surface area contributed by atoms with E-state index in [-0.39, 0.29) is 5.56 Å². The minimum absolute atomic E-state index is 0.00196. The molecule has 7 N–H and O–H groups in total. The van der Waals surface area contributed by atoms with Crippen LogP contribution >= 0.6 is 11.3 Å². The molecule has 0 saturated heterocycles. The van der Waals surface area contributed by atoms with Crippen molar-refractivity contribution in [2.45, 2.75) is 13.0 Å². The maximum Gasteiger partial charge on any atom is 0.270 e. The van der Waals surface area contributed by atoms with E-state index in [0.29, 0.717) is 30.4 Å². The van der Waals surface area contributed by atoms with Crippen LogP contribution in [0, 0.1) is 11.3 Å². The van der Waals surface area contributed by atoms with Gasteiger partial charge in [0.15, 0.2) is 0 Å². The third-order valence-corrected chi connectivity index (χ3v) is 4.81. The lowest BCUT2D eigenvalue weighted by atomic mass is 10.1. The van der Waals surface area contributed by atoms with Crippen LogP contribution < -0.4 is 28.0 Å². The molecule has 0 aliphatic rings. The van der Waals surface area contributed by atoms with Gasteiger partial charge in [-0.15, -0.1) is 11.3 Å². The number of aromatic amines is 1. The van der Waals surface area contributed by atoms with Crippen LogP contribution in [-0.2, 0) is 13.0 Å². The molecule has 0 bridgehead atoms. The molecular weight excluding hydrogens is 376 g/mol. The van der Waals surface area contributed by atoms with Gasteiger partial charge in [-0.05, 0) is 22.6 Å². The molecule has 0 aliphatic carbocycles. The highest BCUT2D eigenvalue weighted by atomic mass is 32.1. The van der Waals surface area contributed by atoms with Crippen LogP contribution in [0.1, 0.15) is 16.7 Å². The quantitative estimate of drug-likeness (QED) is 0.182. The van der Waals surface area contributed by atoms with Crippen molar-refractivity contribution in [3.63, 3.8) is 0 Å². The first-order valence-corrected chi connectivity index (χ1v) is 9.16. The Kier molecular flexibility index (Phi) is 6.01. The molecule has 0 fully saturated rings. The number of nitrogens with zero attached hydrogens (tertiary/aromatic N) is 3. The number of rotatable bonds is 6. The average molecular weight is 394 g/mol. The van der Waals surface area contributed by atoms with Gasteiger partial charge in [-0.25, -0.2) is 10.8 Å². The molecule has 9 nitrogen and oxygen atoms in total. The molecule has 0 spiro atoms. The van der Waals surface area contributed by atoms with Crippen LogP contribution in [0.3, 0.4) is 0 Å². The van der Waals surface area contributed by atoms with Gasteiger partial charge in [-0.1, -0.05) is 30.3 Å². The molecule has 0 radical (unpaired) electrons.